The standard InChI is InChI=1S/C12H18ClNO/c1-3-14-7-4-8-15-12-6-5-11(13)9-10(12)2/h5-6,9,14H,3-4,7-8H2,1-2H3. The first-order valence-corrected chi connectivity index (χ1v) is 5.71. The molecule has 3 heteroatoms. The molecule has 0 atom stereocenters. The lowest BCUT2D eigenvalue weighted by atomic mass is 10.2. The van der Waals surface area contributed by atoms with Crippen molar-refractivity contribution in [3.63, 3.8) is 0 Å². The van der Waals surface area contributed by atoms with Crippen molar-refractivity contribution in [3.8, 4) is 5.75 Å². The fourth-order valence-corrected chi connectivity index (χ4v) is 1.56. The van der Waals surface area contributed by atoms with E-state index in [-0.39, 0.29) is 0 Å². The van der Waals surface area contributed by atoms with E-state index in [4.69, 9.17) is 16.3 Å². The van der Waals surface area contributed by atoms with Gasteiger partial charge in [-0.25, -0.2) is 0 Å². The Morgan fingerprint density at radius 3 is 2.87 bits per heavy atom. The van der Waals surface area contributed by atoms with Crippen LogP contribution in [0, 0.1) is 6.92 Å². The SMILES string of the molecule is CCNCCCOc1ccc(Cl)cc1C. The van der Waals surface area contributed by atoms with Gasteiger partial charge in [-0.3, -0.25) is 0 Å². The molecule has 0 bridgehead atoms. The minimum Gasteiger partial charge on any atom is -0.493 e. The van der Waals surface area contributed by atoms with Gasteiger partial charge >= 0.3 is 0 Å². The van der Waals surface area contributed by atoms with Gasteiger partial charge in [0.25, 0.3) is 0 Å². The molecular formula is C12H18ClNO. The minimum absolute atomic E-state index is 0.746. The van der Waals surface area contributed by atoms with Crippen LogP contribution in [0.2, 0.25) is 5.02 Å². The topological polar surface area (TPSA) is 21.3 Å². The number of hydrogen-bond acceptors (Lipinski definition) is 2. The van der Waals surface area contributed by atoms with Gasteiger partial charge in [-0.15, -0.1) is 0 Å². The second-order valence-electron chi connectivity index (χ2n) is 3.47. The number of aryl methyl sites for hydroxylation is 1. The minimum atomic E-state index is 0.746. The maximum atomic E-state index is 5.85. The van der Waals surface area contributed by atoms with E-state index >= 15 is 0 Å². The quantitative estimate of drug-likeness (QED) is 0.755. The number of halogens is 1. The summed E-state index contributed by atoms with van der Waals surface area (Å²) in [4.78, 5) is 0. The van der Waals surface area contributed by atoms with E-state index in [0.29, 0.717) is 0 Å². The van der Waals surface area contributed by atoms with Gasteiger partial charge in [-0.1, -0.05) is 18.5 Å². The Morgan fingerprint density at radius 2 is 2.20 bits per heavy atom. The summed E-state index contributed by atoms with van der Waals surface area (Å²) in [7, 11) is 0. The molecule has 1 aromatic rings. The van der Waals surface area contributed by atoms with E-state index in [1.807, 2.05) is 25.1 Å². The van der Waals surface area contributed by atoms with Crippen LogP contribution in [-0.4, -0.2) is 19.7 Å². The van der Waals surface area contributed by atoms with Gasteiger partial charge in [0.05, 0.1) is 6.61 Å². The molecule has 0 radical (unpaired) electrons. The fraction of sp³-hybridized carbons (Fsp3) is 0.500. The largest absolute Gasteiger partial charge is 0.493 e. The average Bonchev–Trinajstić information content (AvgIpc) is 2.20. The van der Waals surface area contributed by atoms with E-state index in [0.717, 1.165) is 42.5 Å². The second kappa shape index (κ2) is 6.70. The summed E-state index contributed by atoms with van der Waals surface area (Å²) < 4.78 is 5.64. The zero-order valence-corrected chi connectivity index (χ0v) is 10.1. The van der Waals surface area contributed by atoms with Crippen LogP contribution in [0.25, 0.3) is 0 Å². The van der Waals surface area contributed by atoms with Crippen LogP contribution in [0.1, 0.15) is 18.9 Å². The molecule has 0 saturated heterocycles. The van der Waals surface area contributed by atoms with Crippen molar-refractivity contribution in [2.45, 2.75) is 20.3 Å². The summed E-state index contributed by atoms with van der Waals surface area (Å²) in [6.07, 6.45) is 1.02. The summed E-state index contributed by atoms with van der Waals surface area (Å²) in [6, 6.07) is 5.69. The molecule has 0 amide bonds. The molecule has 15 heavy (non-hydrogen) atoms. The number of rotatable bonds is 6. The molecule has 1 N–H and O–H groups in total. The highest BCUT2D eigenvalue weighted by Crippen LogP contribution is 2.21. The number of benzene rings is 1. The molecule has 0 saturated carbocycles. The number of hydrogen-bond donors (Lipinski definition) is 1. The third-order valence-corrected chi connectivity index (χ3v) is 2.38. The smallest absolute Gasteiger partial charge is 0.122 e. The van der Waals surface area contributed by atoms with Crippen LogP contribution < -0.4 is 10.1 Å². The number of ether oxygens (including phenoxy) is 1. The summed E-state index contributed by atoms with van der Waals surface area (Å²) in [5.41, 5.74) is 1.09. The molecule has 0 spiro atoms. The average molecular weight is 228 g/mol. The Kier molecular flexibility index (Phi) is 5.51. The molecule has 0 aliphatic heterocycles. The van der Waals surface area contributed by atoms with Gasteiger partial charge in [-0.2, -0.15) is 0 Å². The summed E-state index contributed by atoms with van der Waals surface area (Å²) in [5, 5.41) is 4.01. The Labute approximate surface area is 96.6 Å². The van der Waals surface area contributed by atoms with Crippen LogP contribution in [0.15, 0.2) is 18.2 Å². The van der Waals surface area contributed by atoms with Crippen molar-refractivity contribution in [1.82, 2.24) is 5.32 Å². The van der Waals surface area contributed by atoms with Gasteiger partial charge in [0.1, 0.15) is 5.75 Å². The van der Waals surface area contributed by atoms with Crippen molar-refractivity contribution in [3.05, 3.63) is 28.8 Å². The molecule has 0 aliphatic carbocycles. The van der Waals surface area contributed by atoms with Crippen molar-refractivity contribution in [1.29, 1.82) is 0 Å². The van der Waals surface area contributed by atoms with E-state index in [2.05, 4.69) is 12.2 Å². The molecule has 1 aromatic carbocycles. The predicted octanol–water partition coefficient (Wildman–Crippen LogP) is 3.03. The van der Waals surface area contributed by atoms with Crippen molar-refractivity contribution >= 4 is 11.6 Å². The first kappa shape index (κ1) is 12.3. The molecule has 0 heterocycles. The normalized spacial score (nSPS) is 10.3. The lowest BCUT2D eigenvalue weighted by molar-refractivity contribution is 0.307. The lowest BCUT2D eigenvalue weighted by Gasteiger charge is -2.09. The van der Waals surface area contributed by atoms with Crippen LogP contribution in [-0.2, 0) is 0 Å². The Bertz CT molecular complexity index is 302. The molecule has 0 aliphatic rings. The Morgan fingerprint density at radius 1 is 1.40 bits per heavy atom. The Hall–Kier alpha value is -0.730. The van der Waals surface area contributed by atoms with Crippen molar-refractivity contribution in [2.75, 3.05) is 19.7 Å². The van der Waals surface area contributed by atoms with Crippen LogP contribution >= 0.6 is 11.6 Å². The van der Waals surface area contributed by atoms with Crippen LogP contribution in [0.5, 0.6) is 5.75 Å². The highest BCUT2D eigenvalue weighted by atomic mass is 35.5. The predicted molar refractivity (Wildman–Crippen MR) is 64.8 cm³/mol. The molecule has 2 nitrogen and oxygen atoms in total. The van der Waals surface area contributed by atoms with E-state index in [1.165, 1.54) is 0 Å². The van der Waals surface area contributed by atoms with Crippen LogP contribution in [0.3, 0.4) is 0 Å². The fourth-order valence-electron chi connectivity index (χ4n) is 1.33. The van der Waals surface area contributed by atoms with Gasteiger partial charge in [0.15, 0.2) is 0 Å². The van der Waals surface area contributed by atoms with E-state index in [9.17, 15) is 0 Å². The molecule has 0 fully saturated rings. The third kappa shape index (κ3) is 4.54. The molecule has 1 rings (SSSR count). The molecular weight excluding hydrogens is 210 g/mol. The van der Waals surface area contributed by atoms with E-state index < -0.39 is 0 Å². The lowest BCUT2D eigenvalue weighted by Crippen LogP contribution is -2.16. The summed E-state index contributed by atoms with van der Waals surface area (Å²) >= 11 is 5.85. The van der Waals surface area contributed by atoms with Crippen LogP contribution in [0.4, 0.5) is 0 Å². The monoisotopic (exact) mass is 227 g/mol. The Balaban J connectivity index is 2.31. The first-order chi connectivity index (χ1) is 7.24. The third-order valence-electron chi connectivity index (χ3n) is 2.14. The maximum absolute atomic E-state index is 5.85. The van der Waals surface area contributed by atoms with Crippen molar-refractivity contribution < 1.29 is 4.74 Å². The second-order valence-corrected chi connectivity index (χ2v) is 3.90. The summed E-state index contributed by atoms with van der Waals surface area (Å²) in [6.45, 7) is 6.87. The van der Waals surface area contributed by atoms with Gasteiger partial charge in [0, 0.05) is 5.02 Å². The number of nitrogens with one attached hydrogen (secondary N) is 1. The first-order valence-electron chi connectivity index (χ1n) is 5.33. The highest BCUT2D eigenvalue weighted by Gasteiger charge is 1.99. The highest BCUT2D eigenvalue weighted by molar-refractivity contribution is 6.30. The molecule has 0 aromatic heterocycles. The molecule has 0 unspecified atom stereocenters. The molecule has 84 valence electrons. The van der Waals surface area contributed by atoms with Gasteiger partial charge in [0.2, 0.25) is 0 Å². The zero-order valence-electron chi connectivity index (χ0n) is 9.35. The zero-order chi connectivity index (χ0) is 11.1. The maximum Gasteiger partial charge on any atom is 0.122 e. The van der Waals surface area contributed by atoms with Gasteiger partial charge in [-0.05, 0) is 50.2 Å². The van der Waals surface area contributed by atoms with Crippen molar-refractivity contribution in [2.24, 2.45) is 0 Å². The van der Waals surface area contributed by atoms with Gasteiger partial charge < -0.3 is 10.1 Å². The summed E-state index contributed by atoms with van der Waals surface area (Å²) in [5.74, 6) is 0.927. The van der Waals surface area contributed by atoms with E-state index in [1.54, 1.807) is 0 Å².